The summed E-state index contributed by atoms with van der Waals surface area (Å²) >= 11 is 0. The van der Waals surface area contributed by atoms with Gasteiger partial charge in [0.15, 0.2) is 5.76 Å². The fourth-order valence-corrected chi connectivity index (χ4v) is 1.70. The van der Waals surface area contributed by atoms with Crippen molar-refractivity contribution in [2.24, 2.45) is 10.9 Å². The lowest BCUT2D eigenvalue weighted by atomic mass is 10.1. The first-order chi connectivity index (χ1) is 9.58. The fourth-order valence-electron chi connectivity index (χ4n) is 1.70. The summed E-state index contributed by atoms with van der Waals surface area (Å²) in [5.74, 6) is 0.780. The summed E-state index contributed by atoms with van der Waals surface area (Å²) in [5, 5.41) is 14.1. The Labute approximate surface area is 115 Å². The molecule has 20 heavy (non-hydrogen) atoms. The highest BCUT2D eigenvalue weighted by Crippen LogP contribution is 2.13. The lowest BCUT2D eigenvalue weighted by Crippen LogP contribution is -2.15. The van der Waals surface area contributed by atoms with Crippen molar-refractivity contribution >= 4 is 17.4 Å². The molecule has 0 radical (unpaired) electrons. The monoisotopic (exact) mass is 273 g/mol. The molecule has 6 heteroatoms. The number of benzene rings is 1. The highest BCUT2D eigenvalue weighted by atomic mass is 16.4. The molecule has 0 fully saturated rings. The van der Waals surface area contributed by atoms with Gasteiger partial charge < -0.3 is 20.7 Å². The number of aryl methyl sites for hydroxylation is 1. The molecule has 0 bridgehead atoms. The van der Waals surface area contributed by atoms with Crippen LogP contribution < -0.4 is 11.1 Å². The number of oxime groups is 1. The van der Waals surface area contributed by atoms with Crippen molar-refractivity contribution in [1.82, 2.24) is 0 Å². The summed E-state index contributed by atoms with van der Waals surface area (Å²) < 4.78 is 5.24. The van der Waals surface area contributed by atoms with Crippen molar-refractivity contribution in [3.05, 3.63) is 53.5 Å². The van der Waals surface area contributed by atoms with E-state index < -0.39 is 0 Å². The van der Waals surface area contributed by atoms with Crippen LogP contribution in [0.25, 0.3) is 0 Å². The number of furan rings is 1. The number of hydrogen-bond acceptors (Lipinski definition) is 4. The van der Waals surface area contributed by atoms with E-state index in [0.717, 1.165) is 5.56 Å². The Morgan fingerprint density at radius 2 is 2.00 bits per heavy atom. The largest absolute Gasteiger partial charge is 0.456 e. The van der Waals surface area contributed by atoms with Crippen LogP contribution in [0.15, 0.2) is 46.0 Å². The van der Waals surface area contributed by atoms with Crippen LogP contribution >= 0.6 is 0 Å². The molecule has 0 aliphatic heterocycles. The van der Waals surface area contributed by atoms with Crippen molar-refractivity contribution < 1.29 is 14.4 Å². The molecule has 0 saturated heterocycles. The summed E-state index contributed by atoms with van der Waals surface area (Å²) in [4.78, 5) is 11.9. The number of hydrogen-bond donors (Lipinski definition) is 3. The Balaban J connectivity index is 2.02. The maximum Gasteiger partial charge on any atom is 0.291 e. The Bertz CT molecular complexity index is 629. The first-order valence-corrected chi connectivity index (χ1v) is 6.01. The standard InChI is InChI=1S/C14H15N3O3/c1-9-2-7-12(20-9)14(18)16-11-5-3-10(4-6-11)8-13(15)17-19/h2-7,19H,8H2,1H3,(H2,15,17)(H,16,18). The van der Waals surface area contributed by atoms with E-state index in [1.807, 2.05) is 0 Å². The summed E-state index contributed by atoms with van der Waals surface area (Å²) in [5.41, 5.74) is 6.95. The van der Waals surface area contributed by atoms with Gasteiger partial charge in [-0.15, -0.1) is 0 Å². The summed E-state index contributed by atoms with van der Waals surface area (Å²) in [6, 6.07) is 10.4. The predicted octanol–water partition coefficient (Wildman–Crippen LogP) is 2.13. The highest BCUT2D eigenvalue weighted by Gasteiger charge is 2.10. The molecule has 0 unspecified atom stereocenters. The van der Waals surface area contributed by atoms with Gasteiger partial charge in [0.25, 0.3) is 5.91 Å². The number of carbonyl (C=O) groups is 1. The van der Waals surface area contributed by atoms with Gasteiger partial charge in [-0.3, -0.25) is 4.79 Å². The van der Waals surface area contributed by atoms with Gasteiger partial charge >= 0.3 is 0 Å². The number of nitrogens with zero attached hydrogens (tertiary/aromatic N) is 1. The third kappa shape index (κ3) is 3.38. The summed E-state index contributed by atoms with van der Waals surface area (Å²) in [6.45, 7) is 1.78. The number of amidine groups is 1. The molecule has 1 aromatic carbocycles. The molecule has 0 aliphatic carbocycles. The van der Waals surface area contributed by atoms with Crippen molar-refractivity contribution in [1.29, 1.82) is 0 Å². The Morgan fingerprint density at radius 1 is 1.30 bits per heavy atom. The number of nitrogens with one attached hydrogen (secondary N) is 1. The summed E-state index contributed by atoms with van der Waals surface area (Å²) in [7, 11) is 0. The lowest BCUT2D eigenvalue weighted by molar-refractivity contribution is 0.0995. The maximum atomic E-state index is 11.9. The number of carbonyl (C=O) groups excluding carboxylic acids is 1. The van der Waals surface area contributed by atoms with Crippen molar-refractivity contribution in [3.8, 4) is 0 Å². The molecule has 104 valence electrons. The smallest absolute Gasteiger partial charge is 0.291 e. The molecule has 0 saturated carbocycles. The molecular weight excluding hydrogens is 258 g/mol. The normalized spacial score (nSPS) is 11.3. The minimum Gasteiger partial charge on any atom is -0.456 e. The zero-order chi connectivity index (χ0) is 14.5. The van der Waals surface area contributed by atoms with Crippen molar-refractivity contribution in [3.63, 3.8) is 0 Å². The second-order valence-corrected chi connectivity index (χ2v) is 4.33. The molecular formula is C14H15N3O3. The molecule has 6 nitrogen and oxygen atoms in total. The van der Waals surface area contributed by atoms with Crippen LogP contribution in [0.2, 0.25) is 0 Å². The third-order valence-electron chi connectivity index (χ3n) is 2.69. The third-order valence-corrected chi connectivity index (χ3v) is 2.69. The van der Waals surface area contributed by atoms with Crippen LogP contribution in [0.4, 0.5) is 5.69 Å². The SMILES string of the molecule is Cc1ccc(C(=O)Nc2ccc(CC(N)=NO)cc2)o1. The van der Waals surface area contributed by atoms with E-state index in [2.05, 4.69) is 10.5 Å². The quantitative estimate of drug-likeness (QED) is 0.344. The van der Waals surface area contributed by atoms with Crippen molar-refractivity contribution in [2.45, 2.75) is 13.3 Å². The maximum absolute atomic E-state index is 11.9. The number of anilines is 1. The first-order valence-electron chi connectivity index (χ1n) is 6.01. The molecule has 0 spiro atoms. The Hall–Kier alpha value is -2.76. The van der Waals surface area contributed by atoms with E-state index in [0.29, 0.717) is 17.9 Å². The molecule has 1 amide bonds. The van der Waals surface area contributed by atoms with Gasteiger partial charge in [-0.25, -0.2) is 0 Å². The van der Waals surface area contributed by atoms with Crippen LogP contribution in [0.1, 0.15) is 21.9 Å². The predicted molar refractivity (Wildman–Crippen MR) is 75.0 cm³/mol. The van der Waals surface area contributed by atoms with E-state index in [-0.39, 0.29) is 17.5 Å². The average Bonchev–Trinajstić information content (AvgIpc) is 2.87. The van der Waals surface area contributed by atoms with Crippen LogP contribution in [0.5, 0.6) is 0 Å². The van der Waals surface area contributed by atoms with E-state index in [9.17, 15) is 4.79 Å². The van der Waals surface area contributed by atoms with Gasteiger partial charge in [0.2, 0.25) is 0 Å². The zero-order valence-electron chi connectivity index (χ0n) is 11.0. The highest BCUT2D eigenvalue weighted by molar-refractivity contribution is 6.02. The summed E-state index contributed by atoms with van der Waals surface area (Å²) in [6.07, 6.45) is 0.349. The van der Waals surface area contributed by atoms with Crippen molar-refractivity contribution in [2.75, 3.05) is 5.32 Å². The van der Waals surface area contributed by atoms with Gasteiger partial charge in [-0.05, 0) is 36.8 Å². The topological polar surface area (TPSA) is 101 Å². The molecule has 0 aliphatic rings. The van der Waals surface area contributed by atoms with Gasteiger partial charge in [0.1, 0.15) is 11.6 Å². The van der Waals surface area contributed by atoms with Crippen LogP contribution in [0, 0.1) is 6.92 Å². The number of amides is 1. The minimum absolute atomic E-state index is 0.132. The van der Waals surface area contributed by atoms with Gasteiger partial charge in [0, 0.05) is 12.1 Å². The van der Waals surface area contributed by atoms with Crippen LogP contribution in [-0.4, -0.2) is 17.0 Å². The average molecular weight is 273 g/mol. The zero-order valence-corrected chi connectivity index (χ0v) is 11.0. The van der Waals surface area contributed by atoms with Gasteiger partial charge in [0.05, 0.1) is 0 Å². The molecule has 2 rings (SSSR count). The van der Waals surface area contributed by atoms with E-state index in [1.54, 1.807) is 43.3 Å². The second kappa shape index (κ2) is 5.92. The molecule has 1 heterocycles. The molecule has 1 aromatic heterocycles. The minimum atomic E-state index is -0.303. The number of rotatable bonds is 4. The second-order valence-electron chi connectivity index (χ2n) is 4.33. The van der Waals surface area contributed by atoms with Gasteiger partial charge in [-0.1, -0.05) is 17.3 Å². The van der Waals surface area contributed by atoms with Crippen LogP contribution in [0.3, 0.4) is 0 Å². The lowest BCUT2D eigenvalue weighted by Gasteiger charge is -2.05. The van der Waals surface area contributed by atoms with Gasteiger partial charge in [-0.2, -0.15) is 0 Å². The van der Waals surface area contributed by atoms with E-state index in [4.69, 9.17) is 15.4 Å². The number of nitrogens with two attached hydrogens (primary N) is 1. The molecule has 2 aromatic rings. The molecule has 0 atom stereocenters. The van der Waals surface area contributed by atoms with E-state index in [1.165, 1.54) is 0 Å². The van der Waals surface area contributed by atoms with Crippen LogP contribution in [-0.2, 0) is 6.42 Å². The van der Waals surface area contributed by atoms with E-state index >= 15 is 0 Å². The Kier molecular flexibility index (Phi) is 4.05. The fraction of sp³-hybridized carbons (Fsp3) is 0.143. The Morgan fingerprint density at radius 3 is 2.55 bits per heavy atom. The first kappa shape index (κ1) is 13.7. The molecule has 4 N–H and O–H groups in total.